The number of carbonyl (C=O) groups is 1. The fourth-order valence-corrected chi connectivity index (χ4v) is 4.79. The van der Waals surface area contributed by atoms with Gasteiger partial charge in [0.15, 0.2) is 0 Å². The highest BCUT2D eigenvalue weighted by atomic mass is 32.2. The Bertz CT molecular complexity index is 917. The van der Waals surface area contributed by atoms with Crippen molar-refractivity contribution in [3.05, 3.63) is 59.7 Å². The highest BCUT2D eigenvalue weighted by Gasteiger charge is 2.23. The lowest BCUT2D eigenvalue weighted by molar-refractivity contribution is 0.102. The molecule has 0 atom stereocenters. The van der Waals surface area contributed by atoms with Crippen molar-refractivity contribution >= 4 is 21.6 Å². The monoisotopic (exact) mass is 386 g/mol. The second-order valence-corrected chi connectivity index (χ2v) is 9.04. The van der Waals surface area contributed by atoms with Gasteiger partial charge in [0, 0.05) is 17.3 Å². The van der Waals surface area contributed by atoms with Crippen LogP contribution in [0, 0.1) is 0 Å². The van der Waals surface area contributed by atoms with E-state index in [-0.39, 0.29) is 22.8 Å². The van der Waals surface area contributed by atoms with Gasteiger partial charge in [0.2, 0.25) is 10.0 Å². The van der Waals surface area contributed by atoms with E-state index in [1.165, 1.54) is 12.1 Å². The van der Waals surface area contributed by atoms with Crippen LogP contribution in [-0.4, -0.2) is 20.4 Å². The molecule has 0 radical (unpaired) electrons. The summed E-state index contributed by atoms with van der Waals surface area (Å²) >= 11 is 0. The first kappa shape index (κ1) is 19.6. The van der Waals surface area contributed by atoms with Crippen LogP contribution in [0.1, 0.15) is 61.4 Å². The fraction of sp³-hybridized carbons (Fsp3) is 0.381. The lowest BCUT2D eigenvalue weighted by Crippen LogP contribution is -2.32. The summed E-state index contributed by atoms with van der Waals surface area (Å²) in [5, 5.41) is 2.91. The average Bonchev–Trinajstić information content (AvgIpc) is 3.14. The Kier molecular flexibility index (Phi) is 5.97. The number of anilines is 1. The number of para-hydroxylation sites is 1. The molecule has 1 fully saturated rings. The zero-order chi connectivity index (χ0) is 19.4. The molecule has 2 aromatic carbocycles. The molecule has 0 bridgehead atoms. The van der Waals surface area contributed by atoms with Gasteiger partial charge in [-0.05, 0) is 48.6 Å². The Morgan fingerprint density at radius 2 is 1.74 bits per heavy atom. The molecule has 0 heterocycles. The molecule has 5 nitrogen and oxygen atoms in total. The maximum atomic E-state index is 12.7. The molecular formula is C21H26N2O3S. The predicted octanol–water partition coefficient (Wildman–Crippen LogP) is 4.28. The van der Waals surface area contributed by atoms with E-state index < -0.39 is 10.0 Å². The van der Waals surface area contributed by atoms with Gasteiger partial charge < -0.3 is 5.32 Å². The molecule has 144 valence electrons. The van der Waals surface area contributed by atoms with Crippen molar-refractivity contribution in [3.63, 3.8) is 0 Å². The van der Waals surface area contributed by atoms with E-state index in [0.29, 0.717) is 5.56 Å². The molecule has 1 aliphatic rings. The smallest absolute Gasteiger partial charge is 0.255 e. The van der Waals surface area contributed by atoms with Crippen LogP contribution >= 0.6 is 0 Å². The van der Waals surface area contributed by atoms with Gasteiger partial charge in [0.05, 0.1) is 4.90 Å². The van der Waals surface area contributed by atoms with Crippen LogP contribution in [0.3, 0.4) is 0 Å². The minimum Gasteiger partial charge on any atom is -0.322 e. The van der Waals surface area contributed by atoms with Gasteiger partial charge in [-0.2, -0.15) is 0 Å². The Labute approximate surface area is 161 Å². The largest absolute Gasteiger partial charge is 0.322 e. The van der Waals surface area contributed by atoms with Crippen LogP contribution in [-0.2, 0) is 10.0 Å². The summed E-state index contributed by atoms with van der Waals surface area (Å²) < 4.78 is 28.0. The summed E-state index contributed by atoms with van der Waals surface area (Å²) in [6.45, 7) is 4.12. The number of benzene rings is 2. The first-order valence-corrected chi connectivity index (χ1v) is 10.9. The van der Waals surface area contributed by atoms with Crippen LogP contribution in [0.4, 0.5) is 5.69 Å². The zero-order valence-electron chi connectivity index (χ0n) is 15.7. The van der Waals surface area contributed by atoms with E-state index >= 15 is 0 Å². The highest BCUT2D eigenvalue weighted by molar-refractivity contribution is 7.89. The lowest BCUT2D eigenvalue weighted by atomic mass is 10.0. The molecule has 0 unspecified atom stereocenters. The Hall–Kier alpha value is -2.18. The standard InChI is InChI=1S/C21H26N2O3S/c1-15(2)19-12-5-6-13-20(19)22-21(24)16-8-7-11-18(14-16)27(25,26)23-17-9-3-4-10-17/h5-8,11-15,17,23H,3-4,9-10H2,1-2H3,(H,22,24). The normalized spacial score (nSPS) is 15.2. The van der Waals surface area contributed by atoms with Crippen molar-refractivity contribution in [3.8, 4) is 0 Å². The van der Waals surface area contributed by atoms with Gasteiger partial charge in [0.1, 0.15) is 0 Å². The summed E-state index contributed by atoms with van der Waals surface area (Å²) in [6.07, 6.45) is 3.83. The number of sulfonamides is 1. The summed E-state index contributed by atoms with van der Waals surface area (Å²) in [4.78, 5) is 12.8. The minimum atomic E-state index is -3.62. The second kappa shape index (κ2) is 8.23. The Balaban J connectivity index is 1.80. The summed E-state index contributed by atoms with van der Waals surface area (Å²) in [6, 6.07) is 13.8. The van der Waals surface area contributed by atoms with Crippen molar-refractivity contribution in [2.24, 2.45) is 0 Å². The van der Waals surface area contributed by atoms with Gasteiger partial charge in [0.25, 0.3) is 5.91 Å². The number of carbonyl (C=O) groups excluding carboxylic acids is 1. The molecule has 6 heteroatoms. The number of hydrogen-bond acceptors (Lipinski definition) is 3. The highest BCUT2D eigenvalue weighted by Crippen LogP contribution is 2.25. The Morgan fingerprint density at radius 1 is 1.04 bits per heavy atom. The SMILES string of the molecule is CC(C)c1ccccc1NC(=O)c1cccc(S(=O)(=O)NC2CCCC2)c1. The number of hydrogen-bond donors (Lipinski definition) is 2. The van der Waals surface area contributed by atoms with E-state index in [1.807, 2.05) is 24.3 Å². The van der Waals surface area contributed by atoms with Gasteiger partial charge in [-0.15, -0.1) is 0 Å². The van der Waals surface area contributed by atoms with Crippen LogP contribution in [0.15, 0.2) is 53.4 Å². The summed E-state index contributed by atoms with van der Waals surface area (Å²) in [7, 11) is -3.62. The van der Waals surface area contributed by atoms with Gasteiger partial charge >= 0.3 is 0 Å². The molecular weight excluding hydrogens is 360 g/mol. The first-order chi connectivity index (χ1) is 12.9. The van der Waals surface area contributed by atoms with E-state index in [4.69, 9.17) is 0 Å². The van der Waals surface area contributed by atoms with E-state index in [2.05, 4.69) is 23.9 Å². The molecule has 3 rings (SSSR count). The molecule has 1 amide bonds. The van der Waals surface area contributed by atoms with Crippen molar-refractivity contribution in [2.45, 2.75) is 56.4 Å². The van der Waals surface area contributed by atoms with Crippen LogP contribution < -0.4 is 10.0 Å². The van der Waals surface area contributed by atoms with E-state index in [1.54, 1.807) is 12.1 Å². The van der Waals surface area contributed by atoms with Gasteiger partial charge in [-0.25, -0.2) is 13.1 Å². The topological polar surface area (TPSA) is 75.3 Å². The lowest BCUT2D eigenvalue weighted by Gasteiger charge is -2.15. The third kappa shape index (κ3) is 4.76. The van der Waals surface area contributed by atoms with Crippen molar-refractivity contribution < 1.29 is 13.2 Å². The molecule has 0 aliphatic heterocycles. The Morgan fingerprint density at radius 3 is 2.44 bits per heavy atom. The minimum absolute atomic E-state index is 0.00889. The van der Waals surface area contributed by atoms with E-state index in [9.17, 15) is 13.2 Å². The van der Waals surface area contributed by atoms with E-state index in [0.717, 1.165) is 36.9 Å². The molecule has 0 spiro atoms. The molecule has 1 saturated carbocycles. The molecule has 27 heavy (non-hydrogen) atoms. The molecule has 1 aliphatic carbocycles. The van der Waals surface area contributed by atoms with Crippen LogP contribution in [0.5, 0.6) is 0 Å². The second-order valence-electron chi connectivity index (χ2n) is 7.33. The van der Waals surface area contributed by atoms with Crippen LogP contribution in [0.25, 0.3) is 0 Å². The first-order valence-electron chi connectivity index (χ1n) is 9.39. The number of nitrogens with one attached hydrogen (secondary N) is 2. The number of rotatable bonds is 6. The zero-order valence-corrected chi connectivity index (χ0v) is 16.6. The maximum Gasteiger partial charge on any atom is 0.255 e. The summed E-state index contributed by atoms with van der Waals surface area (Å²) in [5.74, 6) is -0.0511. The molecule has 0 saturated heterocycles. The quantitative estimate of drug-likeness (QED) is 0.778. The average molecular weight is 387 g/mol. The molecule has 2 aromatic rings. The fourth-order valence-electron chi connectivity index (χ4n) is 3.44. The van der Waals surface area contributed by atoms with Crippen LogP contribution in [0.2, 0.25) is 0 Å². The number of amides is 1. The van der Waals surface area contributed by atoms with Crippen molar-refractivity contribution in [1.82, 2.24) is 4.72 Å². The third-order valence-electron chi connectivity index (χ3n) is 4.91. The summed E-state index contributed by atoms with van der Waals surface area (Å²) in [5.41, 5.74) is 2.11. The molecule has 2 N–H and O–H groups in total. The molecule has 0 aromatic heterocycles. The maximum absolute atomic E-state index is 12.7. The van der Waals surface area contributed by atoms with Crippen molar-refractivity contribution in [2.75, 3.05) is 5.32 Å². The predicted molar refractivity (Wildman–Crippen MR) is 108 cm³/mol. The van der Waals surface area contributed by atoms with Gasteiger partial charge in [-0.1, -0.05) is 51.0 Å². The third-order valence-corrected chi connectivity index (χ3v) is 6.43. The van der Waals surface area contributed by atoms with Gasteiger partial charge in [-0.3, -0.25) is 4.79 Å². The van der Waals surface area contributed by atoms with Crippen molar-refractivity contribution in [1.29, 1.82) is 0 Å².